The van der Waals surface area contributed by atoms with Crippen LogP contribution in [0.15, 0.2) is 72.8 Å². The third kappa shape index (κ3) is 3.57. The molecular weight excluding hydrogens is 390 g/mol. The Balaban J connectivity index is 1.36. The van der Waals surface area contributed by atoms with Gasteiger partial charge in [-0.3, -0.25) is 14.4 Å². The second-order valence-corrected chi connectivity index (χ2v) is 7.80. The highest BCUT2D eigenvalue weighted by Crippen LogP contribution is 2.30. The van der Waals surface area contributed by atoms with E-state index in [0.717, 1.165) is 17.5 Å². The fourth-order valence-corrected chi connectivity index (χ4v) is 4.21. The highest BCUT2D eigenvalue weighted by Gasteiger charge is 2.38. The third-order valence-corrected chi connectivity index (χ3v) is 5.84. The van der Waals surface area contributed by atoms with Gasteiger partial charge in [0.25, 0.3) is 11.8 Å². The van der Waals surface area contributed by atoms with E-state index in [0.29, 0.717) is 35.5 Å². The summed E-state index contributed by atoms with van der Waals surface area (Å²) in [5.41, 5.74) is 4.03. The Morgan fingerprint density at radius 1 is 0.935 bits per heavy atom. The number of hydrogen-bond acceptors (Lipinski definition) is 3. The van der Waals surface area contributed by atoms with Gasteiger partial charge in [0.1, 0.15) is 6.04 Å². The molecule has 0 aromatic heterocycles. The standard InChI is InChI=1S/C25H21N3O3/c29-23(18-10-8-17(9-11-18)16-5-2-1-3-6-16)26-19-12-13-21-20(15-19)25(31)28-14-4-7-22(28)24(30)27-21/h1-3,5-6,8-13,15,22H,4,7,14H2,(H,26,29)(H,27,30)/t22-/m1/s1. The number of hydrogen-bond donors (Lipinski definition) is 2. The molecule has 6 nitrogen and oxygen atoms in total. The average molecular weight is 411 g/mol. The van der Waals surface area contributed by atoms with Crippen LogP contribution in [0.25, 0.3) is 11.1 Å². The second kappa shape index (κ2) is 7.72. The van der Waals surface area contributed by atoms with Gasteiger partial charge in [0, 0.05) is 17.8 Å². The van der Waals surface area contributed by atoms with Gasteiger partial charge in [0.2, 0.25) is 5.91 Å². The van der Waals surface area contributed by atoms with Crippen LogP contribution in [-0.4, -0.2) is 35.2 Å². The molecule has 0 radical (unpaired) electrons. The van der Waals surface area contributed by atoms with E-state index < -0.39 is 6.04 Å². The molecule has 6 heteroatoms. The van der Waals surface area contributed by atoms with Crippen LogP contribution in [0, 0.1) is 0 Å². The molecule has 2 aliphatic heterocycles. The van der Waals surface area contributed by atoms with E-state index in [1.165, 1.54) is 0 Å². The fourth-order valence-electron chi connectivity index (χ4n) is 4.21. The summed E-state index contributed by atoms with van der Waals surface area (Å²) in [7, 11) is 0. The zero-order valence-corrected chi connectivity index (χ0v) is 16.8. The minimum absolute atomic E-state index is 0.153. The van der Waals surface area contributed by atoms with Gasteiger partial charge in [-0.1, -0.05) is 42.5 Å². The zero-order valence-electron chi connectivity index (χ0n) is 16.8. The lowest BCUT2D eigenvalue weighted by molar-refractivity contribution is -0.119. The quantitative estimate of drug-likeness (QED) is 0.679. The van der Waals surface area contributed by atoms with Gasteiger partial charge < -0.3 is 15.5 Å². The summed E-state index contributed by atoms with van der Waals surface area (Å²) in [5, 5.41) is 5.70. The van der Waals surface area contributed by atoms with E-state index in [4.69, 9.17) is 0 Å². The molecule has 0 spiro atoms. The lowest BCUT2D eigenvalue weighted by atomic mass is 10.0. The second-order valence-electron chi connectivity index (χ2n) is 7.80. The maximum Gasteiger partial charge on any atom is 0.256 e. The Hall–Kier alpha value is -3.93. The molecule has 0 bridgehead atoms. The number of carbonyl (C=O) groups excluding carboxylic acids is 3. The van der Waals surface area contributed by atoms with E-state index in [2.05, 4.69) is 10.6 Å². The molecule has 3 aromatic rings. The van der Waals surface area contributed by atoms with Gasteiger partial charge in [-0.15, -0.1) is 0 Å². The molecule has 154 valence electrons. The monoisotopic (exact) mass is 411 g/mol. The van der Waals surface area contributed by atoms with Gasteiger partial charge in [-0.25, -0.2) is 0 Å². The number of rotatable bonds is 3. The topological polar surface area (TPSA) is 78.5 Å². The number of nitrogens with zero attached hydrogens (tertiary/aromatic N) is 1. The highest BCUT2D eigenvalue weighted by molar-refractivity contribution is 6.11. The van der Waals surface area contributed by atoms with Crippen LogP contribution >= 0.6 is 0 Å². The molecule has 3 amide bonds. The van der Waals surface area contributed by atoms with Crippen LogP contribution in [0.5, 0.6) is 0 Å². The summed E-state index contributed by atoms with van der Waals surface area (Å²) in [6.07, 6.45) is 1.49. The smallest absolute Gasteiger partial charge is 0.256 e. The maximum atomic E-state index is 13.0. The maximum absolute atomic E-state index is 13.0. The molecule has 31 heavy (non-hydrogen) atoms. The Morgan fingerprint density at radius 2 is 1.68 bits per heavy atom. The van der Waals surface area contributed by atoms with Crippen molar-refractivity contribution in [3.63, 3.8) is 0 Å². The van der Waals surface area contributed by atoms with Crippen LogP contribution in [-0.2, 0) is 4.79 Å². The van der Waals surface area contributed by atoms with Crippen molar-refractivity contribution in [3.8, 4) is 11.1 Å². The first-order valence-corrected chi connectivity index (χ1v) is 10.3. The summed E-state index contributed by atoms with van der Waals surface area (Å²) < 4.78 is 0. The fraction of sp³-hybridized carbons (Fsp3) is 0.160. The summed E-state index contributed by atoms with van der Waals surface area (Å²) in [6.45, 7) is 0.570. The van der Waals surface area contributed by atoms with Crippen LogP contribution < -0.4 is 10.6 Å². The number of fused-ring (bicyclic) bond motifs is 2. The predicted molar refractivity (Wildman–Crippen MR) is 119 cm³/mol. The Bertz CT molecular complexity index is 1170. The predicted octanol–water partition coefficient (Wildman–Crippen LogP) is 4.16. The SMILES string of the molecule is O=C(Nc1ccc2c(c1)C(=O)N1CCC[C@@H]1C(=O)N2)c1ccc(-c2ccccc2)cc1. The lowest BCUT2D eigenvalue weighted by Gasteiger charge is -2.20. The van der Waals surface area contributed by atoms with E-state index in [-0.39, 0.29) is 17.7 Å². The average Bonchev–Trinajstić information content (AvgIpc) is 3.27. The number of anilines is 2. The van der Waals surface area contributed by atoms with Gasteiger partial charge in [-0.05, 0) is 54.3 Å². The minimum atomic E-state index is -0.416. The molecule has 5 rings (SSSR count). The van der Waals surface area contributed by atoms with E-state index in [1.54, 1.807) is 35.2 Å². The van der Waals surface area contributed by atoms with Gasteiger partial charge in [0.05, 0.1) is 11.3 Å². The van der Waals surface area contributed by atoms with Crippen LogP contribution in [0.3, 0.4) is 0 Å². The number of nitrogens with one attached hydrogen (secondary N) is 2. The molecule has 2 aliphatic rings. The van der Waals surface area contributed by atoms with Crippen LogP contribution in [0.4, 0.5) is 11.4 Å². The number of benzene rings is 3. The van der Waals surface area contributed by atoms with Crippen molar-refractivity contribution in [2.75, 3.05) is 17.2 Å². The molecule has 2 heterocycles. The normalized spacial score (nSPS) is 17.4. The van der Waals surface area contributed by atoms with Crippen molar-refractivity contribution in [2.24, 2.45) is 0 Å². The number of carbonyl (C=O) groups is 3. The van der Waals surface area contributed by atoms with Crippen LogP contribution in [0.1, 0.15) is 33.6 Å². The lowest BCUT2D eigenvalue weighted by Crippen LogP contribution is -2.40. The van der Waals surface area contributed by atoms with E-state index in [9.17, 15) is 14.4 Å². The summed E-state index contributed by atoms with van der Waals surface area (Å²) in [5.74, 6) is -0.595. The first-order chi connectivity index (χ1) is 15.1. The Morgan fingerprint density at radius 3 is 2.45 bits per heavy atom. The van der Waals surface area contributed by atoms with Gasteiger partial charge in [0.15, 0.2) is 0 Å². The van der Waals surface area contributed by atoms with Crippen molar-refractivity contribution < 1.29 is 14.4 Å². The van der Waals surface area contributed by atoms with Crippen molar-refractivity contribution in [1.82, 2.24) is 4.90 Å². The molecule has 1 fully saturated rings. The van der Waals surface area contributed by atoms with Crippen molar-refractivity contribution in [1.29, 1.82) is 0 Å². The third-order valence-electron chi connectivity index (χ3n) is 5.84. The van der Waals surface area contributed by atoms with Crippen LogP contribution in [0.2, 0.25) is 0 Å². The van der Waals surface area contributed by atoms with E-state index >= 15 is 0 Å². The molecular formula is C25H21N3O3. The molecule has 1 atom stereocenters. The molecule has 0 unspecified atom stereocenters. The molecule has 3 aromatic carbocycles. The summed E-state index contributed by atoms with van der Waals surface area (Å²) in [4.78, 5) is 39.7. The Kier molecular flexibility index (Phi) is 4.75. The molecule has 0 aliphatic carbocycles. The molecule has 1 saturated heterocycles. The molecule has 0 saturated carbocycles. The number of amides is 3. The largest absolute Gasteiger partial charge is 0.327 e. The summed E-state index contributed by atoms with van der Waals surface area (Å²) in [6, 6.07) is 21.9. The van der Waals surface area contributed by atoms with Crippen molar-refractivity contribution in [3.05, 3.63) is 83.9 Å². The molecule has 2 N–H and O–H groups in total. The highest BCUT2D eigenvalue weighted by atomic mass is 16.2. The zero-order chi connectivity index (χ0) is 21.4. The first-order valence-electron chi connectivity index (χ1n) is 10.3. The van der Waals surface area contributed by atoms with Gasteiger partial charge >= 0.3 is 0 Å². The Labute approximate surface area is 179 Å². The minimum Gasteiger partial charge on any atom is -0.327 e. The van der Waals surface area contributed by atoms with E-state index in [1.807, 2.05) is 42.5 Å². The first kappa shape index (κ1) is 19.1. The van der Waals surface area contributed by atoms with Gasteiger partial charge in [-0.2, -0.15) is 0 Å². The van der Waals surface area contributed by atoms with Crippen molar-refractivity contribution >= 4 is 29.1 Å². The summed E-state index contributed by atoms with van der Waals surface area (Å²) >= 11 is 0. The van der Waals surface area contributed by atoms with Crippen molar-refractivity contribution in [2.45, 2.75) is 18.9 Å².